The second kappa shape index (κ2) is 7.48. The zero-order valence-electron chi connectivity index (χ0n) is 12.2. The highest BCUT2D eigenvalue weighted by molar-refractivity contribution is 6.17. The number of carbonyl (C=O) groups excluding carboxylic acids is 1. The third kappa shape index (κ3) is 6.24. The summed E-state index contributed by atoms with van der Waals surface area (Å²) in [6.45, 7) is 6.23. The van der Waals surface area contributed by atoms with E-state index in [1.807, 2.05) is 20.8 Å². The van der Waals surface area contributed by atoms with Crippen molar-refractivity contribution in [3.05, 3.63) is 35.6 Å². The molecule has 0 radical (unpaired) electrons. The molecule has 0 saturated heterocycles. The van der Waals surface area contributed by atoms with E-state index in [2.05, 4.69) is 0 Å². The van der Waals surface area contributed by atoms with Crippen LogP contribution in [0.5, 0.6) is 0 Å². The van der Waals surface area contributed by atoms with Gasteiger partial charge in [-0.3, -0.25) is 0 Å². The first kappa shape index (κ1) is 16.8. The van der Waals surface area contributed by atoms with E-state index >= 15 is 0 Å². The van der Waals surface area contributed by atoms with Crippen molar-refractivity contribution in [2.45, 2.75) is 39.3 Å². The molecule has 0 unspecified atom stereocenters. The average molecular weight is 302 g/mol. The molecule has 1 amide bonds. The molecule has 1 rings (SSSR count). The van der Waals surface area contributed by atoms with Gasteiger partial charge in [0.2, 0.25) is 0 Å². The van der Waals surface area contributed by atoms with Crippen molar-refractivity contribution in [2.75, 3.05) is 12.4 Å². The normalized spacial score (nSPS) is 11.2. The number of nitrogens with zero attached hydrogens (tertiary/aromatic N) is 1. The lowest BCUT2D eigenvalue weighted by Crippen LogP contribution is -2.37. The van der Waals surface area contributed by atoms with Crippen LogP contribution in [-0.4, -0.2) is 29.0 Å². The molecule has 1 aromatic rings. The van der Waals surface area contributed by atoms with Gasteiger partial charge >= 0.3 is 6.09 Å². The Balaban J connectivity index is 2.75. The molecule has 0 aliphatic heterocycles. The molecule has 0 aliphatic rings. The summed E-state index contributed by atoms with van der Waals surface area (Å²) in [5, 5.41) is 0. The molecule has 20 heavy (non-hydrogen) atoms. The van der Waals surface area contributed by atoms with Gasteiger partial charge in [0.1, 0.15) is 11.4 Å². The maximum Gasteiger partial charge on any atom is 0.410 e. The van der Waals surface area contributed by atoms with Crippen LogP contribution in [0.25, 0.3) is 0 Å². The molecular weight excluding hydrogens is 281 g/mol. The van der Waals surface area contributed by atoms with E-state index in [4.69, 9.17) is 16.3 Å². The maximum atomic E-state index is 13.2. The highest BCUT2D eigenvalue weighted by atomic mass is 35.5. The number of carbonyl (C=O) groups is 1. The minimum Gasteiger partial charge on any atom is -0.444 e. The molecule has 112 valence electrons. The van der Waals surface area contributed by atoms with Crippen LogP contribution in [0.3, 0.4) is 0 Å². The van der Waals surface area contributed by atoms with Crippen LogP contribution in [0.2, 0.25) is 0 Å². The molecule has 0 N–H and O–H groups in total. The Kier molecular flexibility index (Phi) is 6.27. The van der Waals surface area contributed by atoms with Gasteiger partial charge in [-0.25, -0.2) is 9.18 Å². The fourth-order valence-electron chi connectivity index (χ4n) is 1.67. The van der Waals surface area contributed by atoms with Crippen LogP contribution in [0.4, 0.5) is 9.18 Å². The van der Waals surface area contributed by atoms with Gasteiger partial charge in [0, 0.05) is 19.0 Å². The Labute approximate surface area is 124 Å². The van der Waals surface area contributed by atoms with Crippen molar-refractivity contribution in [3.63, 3.8) is 0 Å². The molecule has 0 aliphatic carbocycles. The third-order valence-electron chi connectivity index (χ3n) is 2.48. The second-order valence-corrected chi connectivity index (χ2v) is 5.95. The summed E-state index contributed by atoms with van der Waals surface area (Å²) < 4.78 is 18.5. The monoisotopic (exact) mass is 301 g/mol. The molecule has 5 heteroatoms. The van der Waals surface area contributed by atoms with Gasteiger partial charge in [-0.2, -0.15) is 0 Å². The summed E-state index contributed by atoms with van der Waals surface area (Å²) in [5.41, 5.74) is 0.170. The molecule has 0 heterocycles. The largest absolute Gasteiger partial charge is 0.444 e. The van der Waals surface area contributed by atoms with Gasteiger partial charge in [0.25, 0.3) is 0 Å². The topological polar surface area (TPSA) is 29.5 Å². The van der Waals surface area contributed by atoms with Gasteiger partial charge in [-0.1, -0.05) is 12.1 Å². The molecule has 0 bridgehead atoms. The van der Waals surface area contributed by atoms with E-state index in [1.54, 1.807) is 17.0 Å². The predicted molar refractivity (Wildman–Crippen MR) is 78.4 cm³/mol. The summed E-state index contributed by atoms with van der Waals surface area (Å²) in [4.78, 5) is 13.7. The van der Waals surface area contributed by atoms with Crippen LogP contribution in [-0.2, 0) is 11.3 Å². The van der Waals surface area contributed by atoms with E-state index < -0.39 is 11.7 Å². The van der Waals surface area contributed by atoms with Crippen LogP contribution in [0.1, 0.15) is 32.8 Å². The maximum absolute atomic E-state index is 13.2. The number of alkyl halides is 1. The molecule has 3 nitrogen and oxygen atoms in total. The lowest BCUT2D eigenvalue weighted by molar-refractivity contribution is 0.0234. The minimum absolute atomic E-state index is 0.309. The van der Waals surface area contributed by atoms with E-state index in [1.165, 1.54) is 12.1 Å². The standard InChI is InChI=1S/C15H21ClFNO2/c1-15(2,3)20-14(19)18(9-5-8-16)11-12-6-4-7-13(17)10-12/h4,6-7,10H,5,8-9,11H2,1-3H3. The zero-order valence-corrected chi connectivity index (χ0v) is 12.9. The zero-order chi connectivity index (χ0) is 15.2. The van der Waals surface area contributed by atoms with Gasteiger partial charge in [-0.05, 0) is 44.9 Å². The molecule has 0 spiro atoms. The number of hydrogen-bond acceptors (Lipinski definition) is 2. The minimum atomic E-state index is -0.557. The number of benzene rings is 1. The first-order valence-electron chi connectivity index (χ1n) is 6.60. The van der Waals surface area contributed by atoms with E-state index in [-0.39, 0.29) is 5.82 Å². The highest BCUT2D eigenvalue weighted by Crippen LogP contribution is 2.14. The van der Waals surface area contributed by atoms with E-state index in [9.17, 15) is 9.18 Å². The fraction of sp³-hybridized carbons (Fsp3) is 0.533. The van der Waals surface area contributed by atoms with Crippen LogP contribution < -0.4 is 0 Å². The van der Waals surface area contributed by atoms with Crippen molar-refractivity contribution >= 4 is 17.7 Å². The Hall–Kier alpha value is -1.29. The second-order valence-electron chi connectivity index (χ2n) is 5.57. The van der Waals surface area contributed by atoms with Crippen molar-refractivity contribution in [2.24, 2.45) is 0 Å². The molecular formula is C15H21ClFNO2. The lowest BCUT2D eigenvalue weighted by atomic mass is 10.2. The first-order valence-corrected chi connectivity index (χ1v) is 7.13. The first-order chi connectivity index (χ1) is 9.31. The van der Waals surface area contributed by atoms with Gasteiger partial charge in [0.15, 0.2) is 0 Å². The summed E-state index contributed by atoms with van der Waals surface area (Å²) in [6.07, 6.45) is 0.253. The third-order valence-corrected chi connectivity index (χ3v) is 2.74. The Morgan fingerprint density at radius 2 is 2.10 bits per heavy atom. The SMILES string of the molecule is CC(C)(C)OC(=O)N(CCCCl)Cc1cccc(F)c1. The van der Waals surface area contributed by atoms with Crippen LogP contribution in [0.15, 0.2) is 24.3 Å². The molecule has 0 atom stereocenters. The average Bonchev–Trinajstić information content (AvgIpc) is 2.32. The predicted octanol–water partition coefficient (Wildman–Crippen LogP) is 4.19. The fourth-order valence-corrected chi connectivity index (χ4v) is 1.79. The number of ether oxygens (including phenoxy) is 1. The lowest BCUT2D eigenvalue weighted by Gasteiger charge is -2.27. The quantitative estimate of drug-likeness (QED) is 0.763. The van der Waals surface area contributed by atoms with Gasteiger partial charge in [0.05, 0.1) is 0 Å². The Morgan fingerprint density at radius 3 is 2.65 bits per heavy atom. The van der Waals surface area contributed by atoms with E-state index in [0.29, 0.717) is 25.4 Å². The number of halogens is 2. The van der Waals surface area contributed by atoms with E-state index in [0.717, 1.165) is 5.56 Å². The van der Waals surface area contributed by atoms with Crippen molar-refractivity contribution < 1.29 is 13.9 Å². The smallest absolute Gasteiger partial charge is 0.410 e. The molecule has 0 saturated carbocycles. The van der Waals surface area contributed by atoms with Crippen LogP contribution in [0, 0.1) is 5.82 Å². The summed E-state index contributed by atoms with van der Waals surface area (Å²) >= 11 is 5.67. The summed E-state index contributed by atoms with van der Waals surface area (Å²) in [5.74, 6) is 0.145. The Bertz CT molecular complexity index is 446. The number of amides is 1. The summed E-state index contributed by atoms with van der Waals surface area (Å²) in [7, 11) is 0. The number of rotatable bonds is 5. The van der Waals surface area contributed by atoms with Crippen molar-refractivity contribution in [3.8, 4) is 0 Å². The Morgan fingerprint density at radius 1 is 1.40 bits per heavy atom. The molecule has 0 fully saturated rings. The summed E-state index contributed by atoms with van der Waals surface area (Å²) in [6, 6.07) is 6.19. The van der Waals surface area contributed by atoms with Crippen molar-refractivity contribution in [1.82, 2.24) is 4.90 Å². The van der Waals surface area contributed by atoms with Crippen LogP contribution >= 0.6 is 11.6 Å². The van der Waals surface area contributed by atoms with Crippen molar-refractivity contribution in [1.29, 1.82) is 0 Å². The van der Waals surface area contributed by atoms with Gasteiger partial charge in [-0.15, -0.1) is 11.6 Å². The highest BCUT2D eigenvalue weighted by Gasteiger charge is 2.22. The number of hydrogen-bond donors (Lipinski definition) is 0. The molecule has 0 aromatic heterocycles. The van der Waals surface area contributed by atoms with Gasteiger partial charge < -0.3 is 9.64 Å². The molecule has 1 aromatic carbocycles.